The molecule has 1 N–H and O–H groups in total. The summed E-state index contributed by atoms with van der Waals surface area (Å²) in [5.41, 5.74) is 4.27. The molecule has 0 saturated heterocycles. The predicted molar refractivity (Wildman–Crippen MR) is 127 cm³/mol. The third kappa shape index (κ3) is 4.47. The molecule has 0 atom stereocenters. The van der Waals surface area contributed by atoms with Crippen LogP contribution < -0.4 is 4.74 Å². The number of hydrogen-bond donors (Lipinski definition) is 1. The average molecular weight is 480 g/mol. The van der Waals surface area contributed by atoms with E-state index in [1.54, 1.807) is 42.5 Å². The zero-order chi connectivity index (χ0) is 22.9. The molecule has 3 aromatic carbocycles. The lowest BCUT2D eigenvalue weighted by atomic mass is 10.0. The van der Waals surface area contributed by atoms with Crippen molar-refractivity contribution in [2.24, 2.45) is 0 Å². The van der Waals surface area contributed by atoms with Crippen molar-refractivity contribution < 1.29 is 19.2 Å². The minimum absolute atomic E-state index is 0.258. The van der Waals surface area contributed by atoms with E-state index in [1.165, 1.54) is 0 Å². The summed E-state index contributed by atoms with van der Waals surface area (Å²) in [5.74, 6) is 0.931. The third-order valence-corrected chi connectivity index (χ3v) is 6.30. The van der Waals surface area contributed by atoms with Gasteiger partial charge in [0.2, 0.25) is 0 Å². The quantitative estimate of drug-likeness (QED) is 0.297. The molecule has 5 rings (SSSR count). The van der Waals surface area contributed by atoms with E-state index in [0.717, 1.165) is 35.3 Å². The Morgan fingerprint density at radius 3 is 2.15 bits per heavy atom. The van der Waals surface area contributed by atoms with Crippen molar-refractivity contribution in [3.05, 3.63) is 93.7 Å². The Labute approximate surface area is 200 Å². The third-order valence-electron chi connectivity index (χ3n) is 5.67. The van der Waals surface area contributed by atoms with Crippen molar-refractivity contribution in [2.45, 2.75) is 25.4 Å². The number of nitrogens with zero attached hydrogens (tertiary/aromatic N) is 1. The monoisotopic (exact) mass is 479 g/mol. The van der Waals surface area contributed by atoms with Gasteiger partial charge in [-0.3, -0.25) is 0 Å². The molecule has 0 radical (unpaired) electrons. The number of carboxylic acid groups (broad SMARTS) is 1. The van der Waals surface area contributed by atoms with Gasteiger partial charge in [0.15, 0.2) is 0 Å². The molecule has 1 aromatic heterocycles. The number of carbonyl (C=O) groups is 1. The van der Waals surface area contributed by atoms with Crippen LogP contribution in [0.2, 0.25) is 10.0 Å². The maximum atomic E-state index is 11.0. The van der Waals surface area contributed by atoms with Gasteiger partial charge in [0.05, 0.1) is 21.2 Å². The summed E-state index contributed by atoms with van der Waals surface area (Å²) in [6.07, 6.45) is 2.13. The predicted octanol–water partition coefficient (Wildman–Crippen LogP) is 7.47. The van der Waals surface area contributed by atoms with Crippen molar-refractivity contribution in [1.82, 2.24) is 5.16 Å². The standard InChI is InChI=1S/C26H19Cl2NO4/c27-21-2-1-3-22(28)23(21)24-20(25(33-29-24)17-6-7-17)14-32-19-12-10-16(11-13-19)15-4-8-18(9-5-15)26(30)31/h1-5,8-13,17H,6-7,14H2,(H,30,31). The van der Waals surface area contributed by atoms with Gasteiger partial charge in [0.25, 0.3) is 0 Å². The van der Waals surface area contributed by atoms with Gasteiger partial charge in [-0.05, 0) is 60.4 Å². The Kier molecular flexibility index (Phi) is 5.83. The number of carboxylic acids is 1. The lowest BCUT2D eigenvalue weighted by Crippen LogP contribution is -2.00. The topological polar surface area (TPSA) is 72.6 Å². The summed E-state index contributed by atoms with van der Waals surface area (Å²) in [6.45, 7) is 0.277. The fourth-order valence-corrected chi connectivity index (χ4v) is 4.33. The van der Waals surface area contributed by atoms with Crippen molar-refractivity contribution >= 4 is 29.2 Å². The van der Waals surface area contributed by atoms with Gasteiger partial charge in [-0.1, -0.05) is 58.7 Å². The summed E-state index contributed by atoms with van der Waals surface area (Å²) in [4.78, 5) is 11.0. The van der Waals surface area contributed by atoms with Crippen LogP contribution in [-0.4, -0.2) is 16.2 Å². The molecule has 0 spiro atoms. The fraction of sp³-hybridized carbons (Fsp3) is 0.154. The number of ether oxygens (including phenoxy) is 1. The summed E-state index contributed by atoms with van der Waals surface area (Å²) >= 11 is 12.8. The molecule has 5 nitrogen and oxygen atoms in total. The van der Waals surface area contributed by atoms with E-state index in [0.29, 0.717) is 33.0 Å². The average Bonchev–Trinajstić information content (AvgIpc) is 3.58. The first-order chi connectivity index (χ1) is 16.0. The molecule has 0 bridgehead atoms. The Bertz CT molecular complexity index is 1290. The minimum Gasteiger partial charge on any atom is -0.489 e. The van der Waals surface area contributed by atoms with Gasteiger partial charge < -0.3 is 14.4 Å². The minimum atomic E-state index is -0.943. The van der Waals surface area contributed by atoms with Crippen molar-refractivity contribution in [1.29, 1.82) is 0 Å². The lowest BCUT2D eigenvalue weighted by molar-refractivity contribution is 0.0697. The van der Waals surface area contributed by atoms with Gasteiger partial charge in [0, 0.05) is 11.5 Å². The van der Waals surface area contributed by atoms with E-state index in [9.17, 15) is 4.79 Å². The summed E-state index contributed by atoms with van der Waals surface area (Å²) in [6, 6.07) is 19.8. The van der Waals surface area contributed by atoms with E-state index in [-0.39, 0.29) is 12.2 Å². The Morgan fingerprint density at radius 2 is 1.58 bits per heavy atom. The molecular formula is C26H19Cl2NO4. The second-order valence-electron chi connectivity index (χ2n) is 7.94. The number of benzene rings is 3. The van der Waals surface area contributed by atoms with E-state index in [1.807, 2.05) is 24.3 Å². The Morgan fingerprint density at radius 1 is 0.970 bits per heavy atom. The highest BCUT2D eigenvalue weighted by Gasteiger charge is 2.33. The smallest absolute Gasteiger partial charge is 0.335 e. The van der Waals surface area contributed by atoms with Crippen molar-refractivity contribution in [3.63, 3.8) is 0 Å². The molecule has 0 unspecified atom stereocenters. The van der Waals surface area contributed by atoms with E-state index in [4.69, 9.17) is 37.6 Å². The first-order valence-corrected chi connectivity index (χ1v) is 11.3. The summed E-state index contributed by atoms with van der Waals surface area (Å²) in [5, 5.41) is 14.4. The number of aromatic carboxylic acids is 1. The first kappa shape index (κ1) is 21.6. The fourth-order valence-electron chi connectivity index (χ4n) is 3.75. The molecule has 0 aliphatic heterocycles. The normalized spacial score (nSPS) is 13.2. The van der Waals surface area contributed by atoms with E-state index in [2.05, 4.69) is 5.16 Å². The summed E-state index contributed by atoms with van der Waals surface area (Å²) in [7, 11) is 0. The summed E-state index contributed by atoms with van der Waals surface area (Å²) < 4.78 is 11.8. The van der Waals surface area contributed by atoms with Crippen LogP contribution in [0, 0.1) is 0 Å². The maximum absolute atomic E-state index is 11.0. The van der Waals surface area contributed by atoms with Crippen LogP contribution in [0.3, 0.4) is 0 Å². The number of rotatable bonds is 7. The molecule has 33 heavy (non-hydrogen) atoms. The molecule has 1 saturated carbocycles. The number of aromatic nitrogens is 1. The van der Waals surface area contributed by atoms with Crippen LogP contribution in [0.4, 0.5) is 0 Å². The highest BCUT2D eigenvalue weighted by molar-refractivity contribution is 6.39. The van der Waals surface area contributed by atoms with Crippen LogP contribution >= 0.6 is 23.2 Å². The Balaban J connectivity index is 1.37. The molecule has 0 amide bonds. The SMILES string of the molecule is O=C(O)c1ccc(-c2ccc(OCc3c(-c4c(Cl)cccc4Cl)noc3C3CC3)cc2)cc1. The van der Waals surface area contributed by atoms with Crippen LogP contribution in [0.1, 0.15) is 40.4 Å². The number of halogens is 2. The molecule has 1 heterocycles. The van der Waals surface area contributed by atoms with Crippen LogP contribution in [0.25, 0.3) is 22.4 Å². The van der Waals surface area contributed by atoms with E-state index < -0.39 is 5.97 Å². The molecule has 7 heteroatoms. The molecule has 1 fully saturated rings. The highest BCUT2D eigenvalue weighted by atomic mass is 35.5. The molecule has 4 aromatic rings. The van der Waals surface area contributed by atoms with Gasteiger partial charge in [-0.15, -0.1) is 0 Å². The van der Waals surface area contributed by atoms with Crippen LogP contribution in [0.5, 0.6) is 5.75 Å². The highest BCUT2D eigenvalue weighted by Crippen LogP contribution is 2.46. The van der Waals surface area contributed by atoms with E-state index >= 15 is 0 Å². The largest absolute Gasteiger partial charge is 0.489 e. The van der Waals surface area contributed by atoms with Gasteiger partial charge >= 0.3 is 5.97 Å². The second kappa shape index (κ2) is 8.93. The molecule has 166 valence electrons. The van der Waals surface area contributed by atoms with Crippen LogP contribution in [-0.2, 0) is 6.61 Å². The number of hydrogen-bond acceptors (Lipinski definition) is 4. The second-order valence-corrected chi connectivity index (χ2v) is 8.75. The Hall–Kier alpha value is -3.28. The van der Waals surface area contributed by atoms with Crippen molar-refractivity contribution in [2.75, 3.05) is 0 Å². The zero-order valence-electron chi connectivity index (χ0n) is 17.4. The zero-order valence-corrected chi connectivity index (χ0v) is 18.9. The van der Waals surface area contributed by atoms with Crippen molar-refractivity contribution in [3.8, 4) is 28.1 Å². The van der Waals surface area contributed by atoms with Gasteiger partial charge in [-0.25, -0.2) is 4.79 Å². The molecular weight excluding hydrogens is 461 g/mol. The molecule has 1 aliphatic rings. The lowest BCUT2D eigenvalue weighted by Gasteiger charge is -2.10. The molecule has 1 aliphatic carbocycles. The van der Waals surface area contributed by atoms with Crippen LogP contribution in [0.15, 0.2) is 71.3 Å². The first-order valence-electron chi connectivity index (χ1n) is 10.5. The maximum Gasteiger partial charge on any atom is 0.335 e. The van der Waals surface area contributed by atoms with Gasteiger partial charge in [-0.2, -0.15) is 0 Å². The van der Waals surface area contributed by atoms with Gasteiger partial charge in [0.1, 0.15) is 23.8 Å².